The van der Waals surface area contributed by atoms with Gasteiger partial charge in [0.25, 0.3) is 0 Å². The SMILES string of the molecule is c1ccc2cc3c(cc4c5c(scc53)-c3sc5ccccc5c3C4)cc2c1. The second-order valence-electron chi connectivity index (χ2n) is 7.39. The molecule has 27 heavy (non-hydrogen) atoms. The highest BCUT2D eigenvalue weighted by atomic mass is 32.1. The molecule has 0 atom stereocenters. The number of hydrogen-bond acceptors (Lipinski definition) is 2. The van der Waals surface area contributed by atoms with Crippen molar-refractivity contribution in [3.05, 3.63) is 83.2 Å². The average molecular weight is 379 g/mol. The van der Waals surface area contributed by atoms with E-state index in [0.29, 0.717) is 0 Å². The summed E-state index contributed by atoms with van der Waals surface area (Å²) in [6.07, 6.45) is 1.04. The Bertz CT molecular complexity index is 1550. The average Bonchev–Trinajstić information content (AvgIpc) is 3.30. The van der Waals surface area contributed by atoms with Gasteiger partial charge >= 0.3 is 0 Å². The van der Waals surface area contributed by atoms with Crippen LogP contribution >= 0.6 is 22.7 Å². The Kier molecular flexibility index (Phi) is 2.65. The third-order valence-electron chi connectivity index (χ3n) is 5.92. The minimum atomic E-state index is 1.04. The van der Waals surface area contributed by atoms with Gasteiger partial charge in [-0.1, -0.05) is 48.5 Å². The molecule has 0 spiro atoms. The van der Waals surface area contributed by atoms with Crippen LogP contribution < -0.4 is 0 Å². The minimum Gasteiger partial charge on any atom is -0.142 e. The van der Waals surface area contributed by atoms with Gasteiger partial charge < -0.3 is 0 Å². The molecule has 7 rings (SSSR count). The zero-order valence-electron chi connectivity index (χ0n) is 14.5. The summed E-state index contributed by atoms with van der Waals surface area (Å²) in [7, 11) is 0. The third kappa shape index (κ3) is 1.82. The van der Waals surface area contributed by atoms with Gasteiger partial charge in [-0.3, -0.25) is 0 Å². The number of benzene rings is 4. The van der Waals surface area contributed by atoms with E-state index < -0.39 is 0 Å². The van der Waals surface area contributed by atoms with E-state index in [2.05, 4.69) is 72.1 Å². The zero-order chi connectivity index (χ0) is 17.5. The summed E-state index contributed by atoms with van der Waals surface area (Å²) < 4.78 is 1.41. The van der Waals surface area contributed by atoms with Crippen LogP contribution in [0.25, 0.3) is 52.2 Å². The second kappa shape index (κ2) is 4.98. The molecule has 0 aliphatic heterocycles. The predicted octanol–water partition coefficient (Wildman–Crippen LogP) is 7.99. The smallest absolute Gasteiger partial charge is 0.0527 e. The van der Waals surface area contributed by atoms with Gasteiger partial charge in [0.15, 0.2) is 0 Å². The molecular formula is C25H14S2. The minimum absolute atomic E-state index is 1.04. The van der Waals surface area contributed by atoms with Crippen LogP contribution in [0.1, 0.15) is 11.1 Å². The fraction of sp³-hybridized carbons (Fsp3) is 0.0400. The largest absolute Gasteiger partial charge is 0.142 e. The molecule has 0 radical (unpaired) electrons. The van der Waals surface area contributed by atoms with E-state index in [-0.39, 0.29) is 0 Å². The Morgan fingerprint density at radius 2 is 1.48 bits per heavy atom. The number of thiophene rings is 2. The molecule has 0 amide bonds. The van der Waals surface area contributed by atoms with Gasteiger partial charge in [-0.2, -0.15) is 0 Å². The highest BCUT2D eigenvalue weighted by Gasteiger charge is 2.25. The lowest BCUT2D eigenvalue weighted by Gasteiger charge is -2.16. The summed E-state index contributed by atoms with van der Waals surface area (Å²) in [5, 5.41) is 12.1. The van der Waals surface area contributed by atoms with Gasteiger partial charge in [-0.15, -0.1) is 22.7 Å². The molecule has 2 heteroatoms. The zero-order valence-corrected chi connectivity index (χ0v) is 16.1. The van der Waals surface area contributed by atoms with E-state index in [1.807, 2.05) is 22.7 Å². The van der Waals surface area contributed by atoms with Gasteiger partial charge in [0, 0.05) is 26.8 Å². The topological polar surface area (TPSA) is 0 Å². The van der Waals surface area contributed by atoms with Crippen molar-refractivity contribution < 1.29 is 0 Å². The summed E-state index contributed by atoms with van der Waals surface area (Å²) in [6.45, 7) is 0. The van der Waals surface area contributed by atoms with E-state index in [9.17, 15) is 0 Å². The highest BCUT2D eigenvalue weighted by Crippen LogP contribution is 2.51. The van der Waals surface area contributed by atoms with Crippen LogP contribution in [0.2, 0.25) is 0 Å². The molecule has 0 saturated carbocycles. The molecule has 6 aromatic rings. The quantitative estimate of drug-likeness (QED) is 0.235. The summed E-state index contributed by atoms with van der Waals surface area (Å²) in [4.78, 5) is 2.96. The Morgan fingerprint density at radius 1 is 0.667 bits per heavy atom. The molecule has 0 N–H and O–H groups in total. The molecule has 4 aromatic carbocycles. The first kappa shape index (κ1) is 14.4. The predicted molar refractivity (Wildman–Crippen MR) is 120 cm³/mol. The molecule has 0 unspecified atom stereocenters. The monoisotopic (exact) mass is 378 g/mol. The standard InChI is InChI=1S/C25H14S2/c1-2-6-15-11-19-16(9-14(15)5-1)10-17-12-20-18-7-3-4-8-22(18)27-24(20)25-23(17)21(19)13-26-25/h1-11,13H,12H2. The van der Waals surface area contributed by atoms with Crippen LogP contribution in [0.5, 0.6) is 0 Å². The maximum Gasteiger partial charge on any atom is 0.0527 e. The maximum absolute atomic E-state index is 2.44. The summed E-state index contributed by atoms with van der Waals surface area (Å²) in [5.41, 5.74) is 3.01. The lowest BCUT2D eigenvalue weighted by molar-refractivity contribution is 1.25. The fourth-order valence-electron chi connectivity index (χ4n) is 4.70. The van der Waals surface area contributed by atoms with Crippen molar-refractivity contribution in [2.45, 2.75) is 6.42 Å². The normalized spacial score (nSPS) is 13.0. The lowest BCUT2D eigenvalue weighted by Crippen LogP contribution is -1.96. The Balaban J connectivity index is 1.64. The van der Waals surface area contributed by atoms with Crippen molar-refractivity contribution >= 4 is 65.1 Å². The third-order valence-corrected chi connectivity index (χ3v) is 8.28. The molecule has 0 saturated heterocycles. The summed E-state index contributed by atoms with van der Waals surface area (Å²) in [6, 6.07) is 24.7. The Labute approximate surface area is 164 Å². The first-order valence-electron chi connectivity index (χ1n) is 9.23. The van der Waals surface area contributed by atoms with E-state index in [1.54, 1.807) is 0 Å². The van der Waals surface area contributed by atoms with Crippen molar-refractivity contribution in [1.29, 1.82) is 0 Å². The Morgan fingerprint density at radius 3 is 2.41 bits per heavy atom. The van der Waals surface area contributed by atoms with Gasteiger partial charge in [-0.25, -0.2) is 0 Å². The van der Waals surface area contributed by atoms with Gasteiger partial charge in [-0.05, 0) is 61.6 Å². The van der Waals surface area contributed by atoms with Crippen molar-refractivity contribution in [3.63, 3.8) is 0 Å². The first-order chi connectivity index (χ1) is 13.4. The molecule has 0 bridgehead atoms. The van der Waals surface area contributed by atoms with Gasteiger partial charge in [0.1, 0.15) is 0 Å². The van der Waals surface area contributed by atoms with Crippen LogP contribution in [0.15, 0.2) is 72.1 Å². The summed E-state index contributed by atoms with van der Waals surface area (Å²) >= 11 is 3.88. The van der Waals surface area contributed by atoms with Crippen molar-refractivity contribution in [2.75, 3.05) is 0 Å². The number of rotatable bonds is 0. The molecule has 1 aliphatic carbocycles. The van der Waals surface area contributed by atoms with Gasteiger partial charge in [0.2, 0.25) is 0 Å². The van der Waals surface area contributed by atoms with E-state index in [4.69, 9.17) is 0 Å². The molecule has 126 valence electrons. The van der Waals surface area contributed by atoms with Crippen LogP contribution in [-0.2, 0) is 6.42 Å². The molecule has 0 nitrogen and oxygen atoms in total. The second-order valence-corrected chi connectivity index (χ2v) is 9.32. The summed E-state index contributed by atoms with van der Waals surface area (Å²) in [5.74, 6) is 0. The van der Waals surface area contributed by atoms with Crippen molar-refractivity contribution in [2.24, 2.45) is 0 Å². The highest BCUT2D eigenvalue weighted by molar-refractivity contribution is 7.26. The lowest BCUT2D eigenvalue weighted by atomic mass is 9.88. The van der Waals surface area contributed by atoms with Crippen molar-refractivity contribution in [1.82, 2.24) is 0 Å². The molecular weight excluding hydrogens is 364 g/mol. The Hall–Kier alpha value is -2.68. The first-order valence-corrected chi connectivity index (χ1v) is 10.9. The van der Waals surface area contributed by atoms with E-state index >= 15 is 0 Å². The maximum atomic E-state index is 2.44. The molecule has 2 heterocycles. The van der Waals surface area contributed by atoms with Crippen molar-refractivity contribution in [3.8, 4) is 9.75 Å². The van der Waals surface area contributed by atoms with E-state index in [1.165, 1.54) is 63.3 Å². The van der Waals surface area contributed by atoms with Crippen LogP contribution in [-0.4, -0.2) is 0 Å². The number of hydrogen-bond donors (Lipinski definition) is 0. The van der Waals surface area contributed by atoms with Crippen LogP contribution in [0, 0.1) is 0 Å². The fourth-order valence-corrected chi connectivity index (χ4v) is 7.21. The van der Waals surface area contributed by atoms with Gasteiger partial charge in [0.05, 0.1) is 4.88 Å². The molecule has 0 fully saturated rings. The number of fused-ring (bicyclic) bond motifs is 7. The van der Waals surface area contributed by atoms with E-state index in [0.717, 1.165) is 6.42 Å². The van der Waals surface area contributed by atoms with Crippen LogP contribution in [0.3, 0.4) is 0 Å². The van der Waals surface area contributed by atoms with Crippen LogP contribution in [0.4, 0.5) is 0 Å². The molecule has 2 aromatic heterocycles. The molecule has 1 aliphatic rings.